The van der Waals surface area contributed by atoms with Crippen LogP contribution in [0.4, 0.5) is 18.9 Å². The summed E-state index contributed by atoms with van der Waals surface area (Å²) in [6.07, 6.45) is 0.0374. The van der Waals surface area contributed by atoms with Gasteiger partial charge >= 0.3 is 6.18 Å². The van der Waals surface area contributed by atoms with E-state index >= 15 is 0 Å². The largest absolute Gasteiger partial charge is 0.416 e. The molecule has 32 heavy (non-hydrogen) atoms. The van der Waals surface area contributed by atoms with Gasteiger partial charge in [0.2, 0.25) is 5.91 Å². The predicted octanol–water partition coefficient (Wildman–Crippen LogP) is 4.89. The number of hydrogen-bond donors (Lipinski definition) is 2. The minimum absolute atomic E-state index is 0.00856. The van der Waals surface area contributed by atoms with Crippen molar-refractivity contribution >= 4 is 40.9 Å². The maximum Gasteiger partial charge on any atom is 0.416 e. The average molecular weight is 481 g/mol. The summed E-state index contributed by atoms with van der Waals surface area (Å²) in [5.74, 6) is -1.32. The molecule has 11 heteroatoms. The first kappa shape index (κ1) is 23.6. The maximum atomic E-state index is 13.0. The molecule has 0 aliphatic carbocycles. The Hall–Kier alpha value is -3.11. The second kappa shape index (κ2) is 10.5. The molecule has 0 saturated heterocycles. The highest BCUT2D eigenvalue weighted by atomic mass is 35.5. The number of rotatable bonds is 7. The third kappa shape index (κ3) is 6.21. The van der Waals surface area contributed by atoms with E-state index in [1.807, 2.05) is 0 Å². The van der Waals surface area contributed by atoms with E-state index in [0.29, 0.717) is 5.56 Å². The van der Waals surface area contributed by atoms with E-state index < -0.39 is 28.9 Å². The van der Waals surface area contributed by atoms with Crippen LogP contribution in [0.1, 0.15) is 26.9 Å². The number of aromatic nitrogens is 2. The molecule has 0 spiro atoms. The van der Waals surface area contributed by atoms with Crippen LogP contribution in [-0.4, -0.2) is 27.7 Å². The summed E-state index contributed by atoms with van der Waals surface area (Å²) >= 11 is 6.70. The molecule has 0 aliphatic heterocycles. The molecular formula is C21H16ClF3N4O2S. The molecule has 6 nitrogen and oxygen atoms in total. The minimum Gasteiger partial charge on any atom is -0.339 e. The van der Waals surface area contributed by atoms with Crippen LogP contribution < -0.4 is 10.6 Å². The quantitative estimate of drug-likeness (QED) is 0.286. The highest BCUT2D eigenvalue weighted by Crippen LogP contribution is 2.34. The second-order valence-electron chi connectivity index (χ2n) is 6.37. The second-order valence-corrected chi connectivity index (χ2v) is 7.73. The first-order valence-corrected chi connectivity index (χ1v) is 10.5. The van der Waals surface area contributed by atoms with E-state index in [0.717, 1.165) is 23.9 Å². The van der Waals surface area contributed by atoms with Crippen LogP contribution in [0.5, 0.6) is 0 Å². The van der Waals surface area contributed by atoms with Gasteiger partial charge in [0.25, 0.3) is 5.91 Å². The van der Waals surface area contributed by atoms with Crippen LogP contribution in [0.25, 0.3) is 0 Å². The van der Waals surface area contributed by atoms with Crippen molar-refractivity contribution in [1.29, 1.82) is 0 Å². The van der Waals surface area contributed by atoms with Gasteiger partial charge in [0.1, 0.15) is 16.3 Å². The van der Waals surface area contributed by atoms with E-state index in [-0.39, 0.29) is 22.2 Å². The van der Waals surface area contributed by atoms with Crippen molar-refractivity contribution in [3.63, 3.8) is 0 Å². The highest BCUT2D eigenvalue weighted by molar-refractivity contribution is 7.99. The van der Waals surface area contributed by atoms with Crippen molar-refractivity contribution in [1.82, 2.24) is 15.3 Å². The molecule has 0 fully saturated rings. The Labute approximate surface area is 190 Å². The summed E-state index contributed by atoms with van der Waals surface area (Å²) in [7, 11) is 0. The molecule has 0 bridgehead atoms. The molecular weight excluding hydrogens is 465 g/mol. The Kier molecular flexibility index (Phi) is 7.70. The monoisotopic (exact) mass is 480 g/mol. The molecule has 2 N–H and O–H groups in total. The number of carbonyl (C=O) groups is 2. The Morgan fingerprint density at radius 2 is 1.81 bits per heavy atom. The fraction of sp³-hybridized carbons (Fsp3) is 0.143. The summed E-state index contributed by atoms with van der Waals surface area (Å²) in [5.41, 5.74) is -0.0594. The molecule has 2 aromatic heterocycles. The van der Waals surface area contributed by atoms with Crippen molar-refractivity contribution in [2.75, 3.05) is 11.2 Å². The van der Waals surface area contributed by atoms with Crippen LogP contribution in [0.3, 0.4) is 0 Å². The first-order chi connectivity index (χ1) is 15.3. The SMILES string of the molecule is O=C(CCl)NC(Sc1ncccc1C(=O)Nc1cccc(C(F)(F)F)c1)c1ccncc1. The molecule has 0 aliphatic rings. The zero-order valence-corrected chi connectivity index (χ0v) is 17.8. The number of alkyl halides is 4. The number of anilines is 1. The highest BCUT2D eigenvalue weighted by Gasteiger charge is 2.30. The molecule has 1 unspecified atom stereocenters. The summed E-state index contributed by atoms with van der Waals surface area (Å²) in [6, 6.07) is 10.7. The van der Waals surface area contributed by atoms with Crippen LogP contribution in [0.2, 0.25) is 0 Å². The lowest BCUT2D eigenvalue weighted by Crippen LogP contribution is -2.28. The number of hydrogen-bond acceptors (Lipinski definition) is 5. The zero-order chi connectivity index (χ0) is 23.1. The third-order valence-corrected chi connectivity index (χ3v) is 5.53. The van der Waals surface area contributed by atoms with E-state index in [4.69, 9.17) is 11.6 Å². The van der Waals surface area contributed by atoms with Gasteiger partial charge in [0.05, 0.1) is 11.1 Å². The maximum absolute atomic E-state index is 13.0. The number of amides is 2. The first-order valence-electron chi connectivity index (χ1n) is 9.13. The molecule has 1 aromatic carbocycles. The number of thioether (sulfide) groups is 1. The normalized spacial score (nSPS) is 12.1. The van der Waals surface area contributed by atoms with Crippen molar-refractivity contribution in [3.05, 3.63) is 83.8 Å². The number of nitrogens with zero attached hydrogens (tertiary/aromatic N) is 2. The van der Waals surface area contributed by atoms with Crippen molar-refractivity contribution in [2.24, 2.45) is 0 Å². The summed E-state index contributed by atoms with van der Waals surface area (Å²) in [6.45, 7) is 0. The number of halogens is 4. The fourth-order valence-electron chi connectivity index (χ4n) is 2.64. The van der Waals surface area contributed by atoms with E-state index in [1.165, 1.54) is 30.5 Å². The van der Waals surface area contributed by atoms with Crippen LogP contribution in [0.15, 0.2) is 72.1 Å². The topological polar surface area (TPSA) is 84.0 Å². The van der Waals surface area contributed by atoms with Gasteiger partial charge in [-0.25, -0.2) is 4.98 Å². The molecule has 0 saturated carbocycles. The molecule has 0 radical (unpaired) electrons. The van der Waals surface area contributed by atoms with Gasteiger partial charge in [0.15, 0.2) is 0 Å². The van der Waals surface area contributed by atoms with Crippen LogP contribution in [0, 0.1) is 0 Å². The summed E-state index contributed by atoms with van der Waals surface area (Å²) in [4.78, 5) is 32.9. The lowest BCUT2D eigenvalue weighted by molar-refractivity contribution is -0.137. The fourth-order valence-corrected chi connectivity index (χ4v) is 3.84. The minimum atomic E-state index is -4.53. The molecule has 3 aromatic rings. The molecule has 2 heterocycles. The van der Waals surface area contributed by atoms with Crippen LogP contribution in [-0.2, 0) is 11.0 Å². The average Bonchev–Trinajstić information content (AvgIpc) is 2.79. The van der Waals surface area contributed by atoms with E-state index in [2.05, 4.69) is 20.6 Å². The Morgan fingerprint density at radius 3 is 2.50 bits per heavy atom. The number of benzene rings is 1. The lowest BCUT2D eigenvalue weighted by atomic mass is 10.2. The number of carbonyl (C=O) groups excluding carboxylic acids is 2. The predicted molar refractivity (Wildman–Crippen MR) is 115 cm³/mol. The molecule has 3 rings (SSSR count). The van der Waals surface area contributed by atoms with E-state index in [9.17, 15) is 22.8 Å². The van der Waals surface area contributed by atoms with Crippen molar-refractivity contribution in [3.8, 4) is 0 Å². The van der Waals surface area contributed by atoms with Gasteiger partial charge < -0.3 is 10.6 Å². The van der Waals surface area contributed by atoms with E-state index in [1.54, 1.807) is 24.5 Å². The van der Waals surface area contributed by atoms with Gasteiger partial charge in [-0.2, -0.15) is 13.2 Å². The van der Waals surface area contributed by atoms with Gasteiger partial charge in [-0.15, -0.1) is 11.6 Å². The Morgan fingerprint density at radius 1 is 1.06 bits per heavy atom. The number of nitrogens with one attached hydrogen (secondary N) is 2. The van der Waals surface area contributed by atoms with Crippen LogP contribution >= 0.6 is 23.4 Å². The summed E-state index contributed by atoms with van der Waals surface area (Å²) < 4.78 is 38.9. The van der Waals surface area contributed by atoms with Crippen molar-refractivity contribution in [2.45, 2.75) is 16.6 Å². The van der Waals surface area contributed by atoms with Gasteiger partial charge in [-0.05, 0) is 48.0 Å². The molecule has 1 atom stereocenters. The Bertz CT molecular complexity index is 1100. The zero-order valence-electron chi connectivity index (χ0n) is 16.3. The van der Waals surface area contributed by atoms with Gasteiger partial charge in [-0.3, -0.25) is 14.6 Å². The smallest absolute Gasteiger partial charge is 0.339 e. The lowest BCUT2D eigenvalue weighted by Gasteiger charge is -2.19. The summed E-state index contributed by atoms with van der Waals surface area (Å²) in [5, 5.41) is 4.85. The van der Waals surface area contributed by atoms with Crippen molar-refractivity contribution < 1.29 is 22.8 Å². The van der Waals surface area contributed by atoms with Gasteiger partial charge in [0, 0.05) is 24.3 Å². The molecule has 2 amide bonds. The third-order valence-electron chi connectivity index (χ3n) is 4.12. The number of pyridine rings is 2. The standard InChI is InChI=1S/C21H16ClF3N4O2S/c22-12-17(30)29-19(13-6-9-26-10-7-13)32-20-16(5-2-8-27-20)18(31)28-15-4-1-3-14(11-15)21(23,24)25/h1-11,19H,12H2,(H,28,31)(H,29,30). The molecule has 166 valence electrons. The van der Waals surface area contributed by atoms with Gasteiger partial charge in [-0.1, -0.05) is 17.8 Å². The Balaban J connectivity index is 1.86.